The van der Waals surface area contributed by atoms with Gasteiger partial charge in [0.2, 0.25) is 0 Å². The number of nitrogens with zero attached hydrogens (tertiary/aromatic N) is 1. The average molecular weight is 346 g/mol. The van der Waals surface area contributed by atoms with Crippen molar-refractivity contribution < 1.29 is 14.6 Å². The third-order valence-electron chi connectivity index (χ3n) is 4.19. The third kappa shape index (κ3) is 3.88. The molecule has 5 nitrogen and oxygen atoms in total. The normalized spacial score (nSPS) is 19.0. The van der Waals surface area contributed by atoms with E-state index in [-0.39, 0.29) is 23.9 Å². The highest BCUT2D eigenvalue weighted by atomic mass is 32.1. The molecule has 2 aromatic rings. The predicted octanol–water partition coefficient (Wildman–Crippen LogP) is 3.69. The van der Waals surface area contributed by atoms with Gasteiger partial charge in [0.1, 0.15) is 11.9 Å². The quantitative estimate of drug-likeness (QED) is 0.887. The monoisotopic (exact) mass is 346 g/mol. The van der Waals surface area contributed by atoms with Crippen molar-refractivity contribution in [1.29, 1.82) is 0 Å². The van der Waals surface area contributed by atoms with E-state index in [0.29, 0.717) is 19.7 Å². The minimum absolute atomic E-state index is 0.0413. The summed E-state index contributed by atoms with van der Waals surface area (Å²) in [5.74, 6) is 0.210. The Morgan fingerprint density at radius 3 is 3.04 bits per heavy atom. The first-order chi connectivity index (χ1) is 11.7. The lowest BCUT2D eigenvalue weighted by molar-refractivity contribution is -0.0158. The number of amides is 2. The van der Waals surface area contributed by atoms with E-state index in [4.69, 9.17) is 4.74 Å². The van der Waals surface area contributed by atoms with E-state index in [1.54, 1.807) is 34.4 Å². The van der Waals surface area contributed by atoms with Crippen molar-refractivity contribution in [3.05, 3.63) is 52.2 Å². The Kier molecular flexibility index (Phi) is 5.37. The molecule has 2 amide bonds. The van der Waals surface area contributed by atoms with Gasteiger partial charge in [-0.2, -0.15) is 0 Å². The second-order valence-electron chi connectivity index (χ2n) is 5.83. The van der Waals surface area contributed by atoms with Crippen molar-refractivity contribution in [3.63, 3.8) is 0 Å². The molecule has 6 heteroatoms. The van der Waals surface area contributed by atoms with Crippen LogP contribution in [0, 0.1) is 0 Å². The summed E-state index contributed by atoms with van der Waals surface area (Å²) in [6.45, 7) is 3.61. The van der Waals surface area contributed by atoms with Crippen LogP contribution in [-0.4, -0.2) is 35.7 Å². The molecule has 0 radical (unpaired) electrons. The molecule has 1 aromatic carbocycles. The molecule has 0 unspecified atom stereocenters. The fourth-order valence-corrected chi connectivity index (χ4v) is 3.73. The molecule has 0 bridgehead atoms. The van der Waals surface area contributed by atoms with Crippen LogP contribution in [0.4, 0.5) is 4.79 Å². The van der Waals surface area contributed by atoms with E-state index >= 15 is 0 Å². The summed E-state index contributed by atoms with van der Waals surface area (Å²) in [5.41, 5.74) is 0.887. The molecule has 1 saturated heterocycles. The average Bonchev–Trinajstić information content (AvgIpc) is 3.14. The standard InChI is InChI=1S/C18H22N2O3S/c1-2-15(17-7-4-10-24-17)19-18(22)20-8-9-23-16(12-20)13-5-3-6-14(21)11-13/h3-7,10-11,15-16,21H,2,8-9,12H2,1H3,(H,19,22)/t15-,16+/m1/s1. The molecule has 0 aliphatic carbocycles. The van der Waals surface area contributed by atoms with E-state index in [2.05, 4.69) is 12.2 Å². The SMILES string of the molecule is CC[C@@H](NC(=O)N1CCO[C@H](c2cccc(O)c2)C1)c1cccs1. The van der Waals surface area contributed by atoms with Gasteiger partial charge in [0.15, 0.2) is 0 Å². The lowest BCUT2D eigenvalue weighted by Gasteiger charge is -2.34. The molecular formula is C18H22N2O3S. The first-order valence-corrected chi connectivity index (χ1v) is 9.04. The summed E-state index contributed by atoms with van der Waals surface area (Å²) >= 11 is 1.66. The fraction of sp³-hybridized carbons (Fsp3) is 0.389. The molecule has 0 saturated carbocycles. The number of hydrogen-bond donors (Lipinski definition) is 2. The van der Waals surface area contributed by atoms with Crippen LogP contribution in [0.15, 0.2) is 41.8 Å². The van der Waals surface area contributed by atoms with Crippen LogP contribution in [0.25, 0.3) is 0 Å². The van der Waals surface area contributed by atoms with Gasteiger partial charge in [0.25, 0.3) is 0 Å². The number of morpholine rings is 1. The topological polar surface area (TPSA) is 61.8 Å². The van der Waals surface area contributed by atoms with Gasteiger partial charge in [0, 0.05) is 11.4 Å². The maximum atomic E-state index is 12.6. The van der Waals surface area contributed by atoms with Gasteiger partial charge in [-0.25, -0.2) is 4.79 Å². The van der Waals surface area contributed by atoms with Crippen LogP contribution in [0.1, 0.15) is 35.9 Å². The van der Waals surface area contributed by atoms with Crippen molar-refractivity contribution >= 4 is 17.4 Å². The summed E-state index contributed by atoms with van der Waals surface area (Å²) in [7, 11) is 0. The number of aromatic hydroxyl groups is 1. The molecule has 1 aliphatic heterocycles. The molecule has 2 heterocycles. The number of urea groups is 1. The minimum atomic E-state index is -0.210. The van der Waals surface area contributed by atoms with Crippen molar-refractivity contribution in [3.8, 4) is 5.75 Å². The zero-order valence-electron chi connectivity index (χ0n) is 13.6. The molecule has 24 heavy (non-hydrogen) atoms. The zero-order chi connectivity index (χ0) is 16.9. The number of carbonyl (C=O) groups excluding carboxylic acids is 1. The van der Waals surface area contributed by atoms with Gasteiger partial charge in [-0.3, -0.25) is 0 Å². The summed E-state index contributed by atoms with van der Waals surface area (Å²) in [6, 6.07) is 11.0. The van der Waals surface area contributed by atoms with Crippen molar-refractivity contribution in [2.24, 2.45) is 0 Å². The van der Waals surface area contributed by atoms with Gasteiger partial charge < -0.3 is 20.1 Å². The number of nitrogens with one attached hydrogen (secondary N) is 1. The Morgan fingerprint density at radius 1 is 1.46 bits per heavy atom. The van der Waals surface area contributed by atoms with E-state index < -0.39 is 0 Å². The lowest BCUT2D eigenvalue weighted by atomic mass is 10.1. The summed E-state index contributed by atoms with van der Waals surface area (Å²) in [5, 5.41) is 14.8. The maximum Gasteiger partial charge on any atom is 0.318 e. The Morgan fingerprint density at radius 2 is 2.33 bits per heavy atom. The van der Waals surface area contributed by atoms with Crippen LogP contribution < -0.4 is 5.32 Å². The fourth-order valence-electron chi connectivity index (χ4n) is 2.86. The number of hydrogen-bond acceptors (Lipinski definition) is 4. The number of thiophene rings is 1. The molecule has 1 fully saturated rings. The van der Waals surface area contributed by atoms with Gasteiger partial charge in [0.05, 0.1) is 19.2 Å². The zero-order valence-corrected chi connectivity index (χ0v) is 14.5. The van der Waals surface area contributed by atoms with E-state index in [1.165, 1.54) is 4.88 Å². The summed E-state index contributed by atoms with van der Waals surface area (Å²) in [6.07, 6.45) is 0.644. The second-order valence-corrected chi connectivity index (χ2v) is 6.81. The highest BCUT2D eigenvalue weighted by Crippen LogP contribution is 2.26. The molecule has 1 aromatic heterocycles. The van der Waals surface area contributed by atoms with Gasteiger partial charge in [-0.15, -0.1) is 11.3 Å². The third-order valence-corrected chi connectivity index (χ3v) is 5.17. The molecule has 3 rings (SSSR count). The molecular weight excluding hydrogens is 324 g/mol. The smallest absolute Gasteiger partial charge is 0.318 e. The molecule has 128 valence electrons. The molecule has 0 spiro atoms. The number of ether oxygens (including phenoxy) is 1. The Hall–Kier alpha value is -2.05. The van der Waals surface area contributed by atoms with Crippen LogP contribution in [-0.2, 0) is 4.74 Å². The van der Waals surface area contributed by atoms with E-state index in [0.717, 1.165) is 12.0 Å². The number of phenols is 1. The molecule has 2 N–H and O–H groups in total. The minimum Gasteiger partial charge on any atom is -0.508 e. The predicted molar refractivity (Wildman–Crippen MR) is 94.3 cm³/mol. The number of benzene rings is 1. The Labute approximate surface area is 145 Å². The van der Waals surface area contributed by atoms with E-state index in [9.17, 15) is 9.90 Å². The number of carbonyl (C=O) groups is 1. The van der Waals surface area contributed by atoms with Crippen molar-refractivity contribution in [2.75, 3.05) is 19.7 Å². The molecule has 1 aliphatic rings. The molecule has 2 atom stereocenters. The van der Waals surface area contributed by atoms with Gasteiger partial charge in [-0.1, -0.05) is 25.1 Å². The largest absolute Gasteiger partial charge is 0.508 e. The van der Waals surface area contributed by atoms with Gasteiger partial charge in [-0.05, 0) is 35.6 Å². The number of phenolic OH excluding ortho intramolecular Hbond substituents is 1. The van der Waals surface area contributed by atoms with Crippen LogP contribution >= 0.6 is 11.3 Å². The van der Waals surface area contributed by atoms with Crippen molar-refractivity contribution in [1.82, 2.24) is 10.2 Å². The second kappa shape index (κ2) is 7.68. The van der Waals surface area contributed by atoms with Gasteiger partial charge >= 0.3 is 6.03 Å². The maximum absolute atomic E-state index is 12.6. The van der Waals surface area contributed by atoms with Crippen LogP contribution in [0.5, 0.6) is 5.75 Å². The first kappa shape index (κ1) is 16.8. The number of rotatable bonds is 4. The van der Waals surface area contributed by atoms with E-state index in [1.807, 2.05) is 23.6 Å². The highest BCUT2D eigenvalue weighted by molar-refractivity contribution is 7.10. The Balaban J connectivity index is 1.64. The van der Waals surface area contributed by atoms with Crippen LogP contribution in [0.3, 0.4) is 0 Å². The Bertz CT molecular complexity index is 675. The summed E-state index contributed by atoms with van der Waals surface area (Å²) in [4.78, 5) is 15.6. The first-order valence-electron chi connectivity index (χ1n) is 8.16. The highest BCUT2D eigenvalue weighted by Gasteiger charge is 2.27. The lowest BCUT2D eigenvalue weighted by Crippen LogP contribution is -2.47. The summed E-state index contributed by atoms with van der Waals surface area (Å²) < 4.78 is 5.77. The van der Waals surface area contributed by atoms with Crippen molar-refractivity contribution in [2.45, 2.75) is 25.5 Å². The van der Waals surface area contributed by atoms with Crippen LogP contribution in [0.2, 0.25) is 0 Å².